The lowest BCUT2D eigenvalue weighted by molar-refractivity contribution is -0.135. The van der Waals surface area contributed by atoms with Gasteiger partial charge in [0.2, 0.25) is 11.8 Å². The maximum Gasteiger partial charge on any atom is 0.339 e. The van der Waals surface area contributed by atoms with Gasteiger partial charge in [-0.3, -0.25) is 42.3 Å². The molecule has 23 heteroatoms. The van der Waals surface area contributed by atoms with Crippen LogP contribution < -0.4 is 27.4 Å². The van der Waals surface area contributed by atoms with E-state index in [1.165, 1.54) is 30.7 Å². The van der Waals surface area contributed by atoms with Crippen LogP contribution in [0.2, 0.25) is 10.3 Å². The molecule has 1 saturated heterocycles. The number of halogens is 8. The number of barbiturate groups is 1. The van der Waals surface area contributed by atoms with E-state index in [9.17, 15) is 38.1 Å². The molecule has 4 amide bonds. The molecule has 2 aromatic heterocycles. The molecule has 9 rings (SSSR count). The van der Waals surface area contributed by atoms with Gasteiger partial charge in [0.15, 0.2) is 0 Å². The van der Waals surface area contributed by atoms with Crippen LogP contribution in [-0.2, 0) is 14.2 Å². The number of hydrogen-bond acceptors (Lipinski definition) is 8. The number of anilines is 1. The molecule has 66 heavy (non-hydrogen) atoms. The minimum atomic E-state index is -3.22. The number of urea groups is 1. The summed E-state index contributed by atoms with van der Waals surface area (Å²) < 4.78 is 17.5. The number of carbonyl (C=O) groups excluding carboxylic acids is 3. The average molecular weight is 1220 g/mol. The second-order valence-electron chi connectivity index (χ2n) is 14.1. The lowest BCUT2D eigenvalue weighted by Crippen LogP contribution is -2.56. The van der Waals surface area contributed by atoms with E-state index in [1.807, 2.05) is 12.1 Å². The average Bonchev–Trinajstić information content (AvgIpc) is 4.01. The zero-order valence-electron chi connectivity index (χ0n) is 31.7. The molecule has 3 aromatic carbocycles. The van der Waals surface area contributed by atoms with Gasteiger partial charge in [-0.1, -0.05) is 101 Å². The zero-order chi connectivity index (χ0) is 45.2. The topological polar surface area (TPSA) is 163 Å². The van der Waals surface area contributed by atoms with Crippen LogP contribution in [0.25, 0.3) is 11.4 Å². The van der Waals surface area contributed by atoms with Crippen LogP contribution in [0.4, 0.5) is 10.5 Å². The Morgan fingerprint density at radius 2 is 0.848 bits per heavy atom. The van der Waals surface area contributed by atoms with Gasteiger partial charge in [-0.2, -0.15) is 0 Å². The van der Waals surface area contributed by atoms with Gasteiger partial charge in [0.1, 0.15) is 16.7 Å². The van der Waals surface area contributed by atoms with Crippen molar-refractivity contribution >= 4 is 133 Å². The molecular weight excluding hydrogens is 1180 g/mol. The Bertz CT molecular complexity index is 2820. The molecule has 0 N–H and O–H groups in total. The van der Waals surface area contributed by atoms with E-state index in [4.69, 9.17) is 23.2 Å². The number of aromatic nitrogens is 4. The lowest BCUT2D eigenvalue weighted by Gasteiger charge is -2.32. The van der Waals surface area contributed by atoms with Crippen LogP contribution in [0.1, 0.15) is 86.7 Å². The molecule has 0 radical (unpaired) electrons. The van der Waals surface area contributed by atoms with E-state index < -0.39 is 22.7 Å². The highest BCUT2D eigenvalue weighted by Crippen LogP contribution is 2.61. The van der Waals surface area contributed by atoms with E-state index >= 15 is 0 Å². The van der Waals surface area contributed by atoms with Crippen LogP contribution in [0, 0.1) is 0 Å². The number of benzene rings is 3. The van der Waals surface area contributed by atoms with Crippen molar-refractivity contribution in [2.24, 2.45) is 0 Å². The molecule has 0 unspecified atom stereocenters. The van der Waals surface area contributed by atoms with Crippen molar-refractivity contribution < 1.29 is 18.9 Å². The first-order chi connectivity index (χ1) is 29.2. The van der Waals surface area contributed by atoms with Crippen LogP contribution in [0.15, 0.2) is 118 Å². The third kappa shape index (κ3) is 15.1. The first-order valence-corrected chi connectivity index (χ1v) is 26.0. The standard InChI is InChI=1S/2C13H10BrClN2O2.C13H11BrN2O3.4CH4.Cl3OP/c14-8-1-3-10(4-2-8)17-12(18)7-11(15)16(13(17)19)9-5-6-9;14-8-1-3-9(4-2-8)16-11(15)7-12(18)17(13(16)19)10-5-6-10;14-8-1-3-9(4-2-8)15-11(17)7-12(18)16(13(15)19)10-5-6-10;;;;;1-5(2,3)4/h1-4,7,9H,5-6H2;1-4,7,10H,5-6H2;1-4,10H,5-7H2;4*1H4;. The predicted molar refractivity (Wildman–Crippen MR) is 278 cm³/mol. The van der Waals surface area contributed by atoms with Crippen molar-refractivity contribution in [1.82, 2.24) is 23.2 Å². The molecule has 358 valence electrons. The van der Waals surface area contributed by atoms with E-state index in [2.05, 4.69) is 81.5 Å². The largest absolute Gasteiger partial charge is 0.339 e. The normalized spacial score (nSPS) is 15.1. The number of nitrogens with zero attached hydrogens (tertiary/aromatic N) is 6. The van der Waals surface area contributed by atoms with Gasteiger partial charge < -0.3 is 0 Å². The van der Waals surface area contributed by atoms with E-state index in [1.54, 1.807) is 60.7 Å². The monoisotopic (exact) mass is 1220 g/mol. The quantitative estimate of drug-likeness (QED) is 0.0921. The minimum Gasteiger partial charge on any atom is -0.280 e. The fraction of sp³-hybridized carbons (Fsp3) is 0.326. The maximum atomic E-state index is 12.4. The summed E-state index contributed by atoms with van der Waals surface area (Å²) in [5.74, 6) is -0.847. The molecule has 4 fully saturated rings. The highest BCUT2D eigenvalue weighted by Gasteiger charge is 2.45. The Kier molecular flexibility index (Phi) is 22.2. The summed E-state index contributed by atoms with van der Waals surface area (Å²) >= 11 is 35.9. The van der Waals surface area contributed by atoms with Gasteiger partial charge in [-0.25, -0.2) is 23.9 Å². The maximum absolute atomic E-state index is 12.4. The lowest BCUT2D eigenvalue weighted by atomic mass is 10.2. The van der Waals surface area contributed by atoms with E-state index in [0.717, 1.165) is 61.4 Å². The number of amides is 4. The van der Waals surface area contributed by atoms with Crippen molar-refractivity contribution in [2.45, 2.75) is 92.8 Å². The molecule has 0 bridgehead atoms. The Labute approximate surface area is 431 Å². The molecule has 3 saturated carbocycles. The summed E-state index contributed by atoms with van der Waals surface area (Å²) in [6.45, 7) is 0. The first-order valence-electron chi connectivity index (χ1n) is 18.5. The smallest absolute Gasteiger partial charge is 0.280 e. The molecular formula is C43H47Br3Cl5N6O8P. The number of carbonyl (C=O) groups is 3. The summed E-state index contributed by atoms with van der Waals surface area (Å²) in [5.41, 5.74) is 0.206. The Hall–Kier alpha value is -3.25. The Morgan fingerprint density at radius 3 is 1.27 bits per heavy atom. The highest BCUT2D eigenvalue weighted by molar-refractivity contribution is 9.11. The van der Waals surface area contributed by atoms with Crippen LogP contribution in [0.5, 0.6) is 0 Å². The third-order valence-corrected chi connectivity index (χ3v) is 11.5. The summed E-state index contributed by atoms with van der Waals surface area (Å²) in [6.07, 6.45) is 5.03. The number of imide groups is 2. The van der Waals surface area contributed by atoms with Crippen LogP contribution in [-0.4, -0.2) is 47.1 Å². The van der Waals surface area contributed by atoms with Crippen molar-refractivity contribution in [1.29, 1.82) is 0 Å². The minimum absolute atomic E-state index is 0. The zero-order valence-corrected chi connectivity index (χ0v) is 41.1. The second kappa shape index (κ2) is 24.9. The van der Waals surface area contributed by atoms with Gasteiger partial charge >= 0.3 is 22.6 Å². The molecule has 14 nitrogen and oxygen atoms in total. The molecule has 1 aliphatic heterocycles. The predicted octanol–water partition coefficient (Wildman–Crippen LogP) is 13.2. The van der Waals surface area contributed by atoms with Gasteiger partial charge in [0.25, 0.3) is 11.1 Å². The van der Waals surface area contributed by atoms with Crippen molar-refractivity contribution in [3.05, 3.63) is 150 Å². The van der Waals surface area contributed by atoms with Gasteiger partial charge in [0.05, 0.1) is 17.1 Å². The Balaban J connectivity index is 0.000000314. The van der Waals surface area contributed by atoms with Crippen molar-refractivity contribution in [3.8, 4) is 11.4 Å². The van der Waals surface area contributed by atoms with E-state index in [-0.39, 0.29) is 87.4 Å². The molecule has 4 aliphatic rings. The fourth-order valence-electron chi connectivity index (χ4n) is 6.19. The SMILES string of the molecule is C.C.C.C.O=C1CC(=O)N(C2CC2)C(=O)N1c1ccc(Br)cc1.O=P(Cl)(Cl)Cl.O=c1cc(Cl)n(-c2ccc(Br)cc2)c(=O)n1C1CC1.O=c1cc(Cl)n(C2CC2)c(=O)n1-c1ccc(Br)cc1. The molecule has 0 atom stereocenters. The molecule has 3 aliphatic carbocycles. The number of rotatable bonds is 6. The van der Waals surface area contributed by atoms with Crippen molar-refractivity contribution in [2.75, 3.05) is 4.90 Å². The highest BCUT2D eigenvalue weighted by atomic mass is 79.9. The summed E-state index contributed by atoms with van der Waals surface area (Å²) in [6, 6.07) is 23.3. The molecule has 5 aromatic rings. The Morgan fingerprint density at radius 1 is 0.485 bits per heavy atom. The number of hydrogen-bond donors (Lipinski definition) is 0. The molecule has 3 heterocycles. The van der Waals surface area contributed by atoms with E-state index in [0.29, 0.717) is 17.1 Å². The summed E-state index contributed by atoms with van der Waals surface area (Å²) in [5, 5.41) is -2.87. The van der Waals surface area contributed by atoms with Crippen LogP contribution in [0.3, 0.4) is 0 Å². The van der Waals surface area contributed by atoms with Crippen LogP contribution >= 0.6 is 110 Å². The first kappa shape index (κ1) is 58.9. The molecule has 0 spiro atoms. The summed E-state index contributed by atoms with van der Waals surface area (Å²) in [4.78, 5) is 87.0. The third-order valence-electron chi connectivity index (χ3n) is 9.39. The fourth-order valence-corrected chi connectivity index (χ4v) is 7.55. The van der Waals surface area contributed by atoms with Gasteiger partial charge in [0, 0.05) is 43.7 Å². The summed E-state index contributed by atoms with van der Waals surface area (Å²) in [7, 11) is 0. The second-order valence-corrected chi connectivity index (χ2v) is 24.2. The van der Waals surface area contributed by atoms with Gasteiger partial charge in [-0.05, 0) is 145 Å². The van der Waals surface area contributed by atoms with Crippen molar-refractivity contribution in [3.63, 3.8) is 0 Å². The van der Waals surface area contributed by atoms with Gasteiger partial charge in [-0.15, -0.1) is 0 Å².